The molecule has 5 nitrogen and oxygen atoms in total. The molecule has 2 aromatic rings. The molecule has 1 N–H and O–H groups in total. The smallest absolute Gasteiger partial charge is 0.251 e. The molecule has 1 fully saturated rings. The van der Waals surface area contributed by atoms with E-state index in [4.69, 9.17) is 4.74 Å². The minimum atomic E-state index is 0.0169. The number of carbonyl (C=O) groups is 1. The maximum absolute atomic E-state index is 12.3. The van der Waals surface area contributed by atoms with Gasteiger partial charge in [-0.3, -0.25) is 9.69 Å². The fraction of sp³-hybridized carbons (Fsp3) is 0.435. The van der Waals surface area contributed by atoms with Gasteiger partial charge in [0.2, 0.25) is 0 Å². The molecule has 0 aliphatic carbocycles. The van der Waals surface area contributed by atoms with Crippen molar-refractivity contribution < 1.29 is 9.53 Å². The summed E-state index contributed by atoms with van der Waals surface area (Å²) in [7, 11) is 4.15. The van der Waals surface area contributed by atoms with Crippen molar-refractivity contribution in [2.24, 2.45) is 0 Å². The molecule has 1 amide bonds. The van der Waals surface area contributed by atoms with E-state index in [1.54, 1.807) is 0 Å². The molecule has 2 aromatic carbocycles. The highest BCUT2D eigenvalue weighted by Crippen LogP contribution is 2.17. The third-order valence-corrected chi connectivity index (χ3v) is 4.99. The van der Waals surface area contributed by atoms with Crippen LogP contribution in [0.4, 0.5) is 0 Å². The molecule has 0 unspecified atom stereocenters. The van der Waals surface area contributed by atoms with Gasteiger partial charge in [-0.2, -0.15) is 0 Å². The number of nitrogens with zero attached hydrogens (tertiary/aromatic N) is 2. The fourth-order valence-corrected chi connectivity index (χ4v) is 3.47. The number of rotatable bonds is 9. The van der Waals surface area contributed by atoms with Crippen LogP contribution in [-0.4, -0.2) is 62.1 Å². The van der Waals surface area contributed by atoms with Gasteiger partial charge in [0.1, 0.15) is 5.75 Å². The second kappa shape index (κ2) is 10.2. The molecule has 1 saturated heterocycles. The van der Waals surface area contributed by atoms with Crippen molar-refractivity contribution in [1.82, 2.24) is 15.1 Å². The summed E-state index contributed by atoms with van der Waals surface area (Å²) in [6.07, 6.45) is 2.02. The van der Waals surface area contributed by atoms with Crippen molar-refractivity contribution in [2.45, 2.75) is 25.4 Å². The van der Waals surface area contributed by atoms with E-state index in [1.165, 1.54) is 5.56 Å². The van der Waals surface area contributed by atoms with Crippen molar-refractivity contribution in [3.05, 3.63) is 65.7 Å². The van der Waals surface area contributed by atoms with Crippen LogP contribution in [0.1, 0.15) is 28.8 Å². The van der Waals surface area contributed by atoms with Crippen molar-refractivity contribution in [3.63, 3.8) is 0 Å². The molecule has 3 rings (SSSR count). The fourth-order valence-electron chi connectivity index (χ4n) is 3.47. The third kappa shape index (κ3) is 6.36. The molecular weight excluding hydrogens is 350 g/mol. The minimum absolute atomic E-state index is 0.0169. The zero-order chi connectivity index (χ0) is 19.8. The van der Waals surface area contributed by atoms with E-state index in [0.717, 1.165) is 56.9 Å². The topological polar surface area (TPSA) is 44.8 Å². The molecular formula is C23H31N3O2. The van der Waals surface area contributed by atoms with Gasteiger partial charge in [-0.1, -0.05) is 30.3 Å². The van der Waals surface area contributed by atoms with Crippen LogP contribution in [0.15, 0.2) is 54.6 Å². The zero-order valence-electron chi connectivity index (χ0n) is 16.9. The second-order valence-corrected chi connectivity index (χ2v) is 7.71. The lowest BCUT2D eigenvalue weighted by atomic mass is 10.2. The van der Waals surface area contributed by atoms with Crippen LogP contribution in [0.25, 0.3) is 0 Å². The van der Waals surface area contributed by atoms with Gasteiger partial charge in [0.25, 0.3) is 5.91 Å². The Morgan fingerprint density at radius 2 is 1.89 bits per heavy atom. The van der Waals surface area contributed by atoms with E-state index in [0.29, 0.717) is 0 Å². The Balaban J connectivity index is 1.40. The maximum Gasteiger partial charge on any atom is 0.251 e. The van der Waals surface area contributed by atoms with Gasteiger partial charge in [-0.05, 0) is 56.8 Å². The van der Waals surface area contributed by atoms with Crippen LogP contribution in [0.5, 0.6) is 5.75 Å². The highest BCUT2D eigenvalue weighted by atomic mass is 16.5. The van der Waals surface area contributed by atoms with Gasteiger partial charge in [-0.15, -0.1) is 0 Å². The Kier molecular flexibility index (Phi) is 7.46. The first-order valence-electron chi connectivity index (χ1n) is 10.0. The normalized spacial score (nSPS) is 17.0. The molecule has 1 aliphatic heterocycles. The van der Waals surface area contributed by atoms with Crippen LogP contribution in [0, 0.1) is 0 Å². The molecule has 5 heteroatoms. The van der Waals surface area contributed by atoms with Gasteiger partial charge in [0, 0.05) is 37.8 Å². The summed E-state index contributed by atoms with van der Waals surface area (Å²) < 4.78 is 5.80. The number of hydrogen-bond acceptors (Lipinski definition) is 4. The highest BCUT2D eigenvalue weighted by Gasteiger charge is 2.24. The first-order valence-corrected chi connectivity index (χ1v) is 10.0. The number of ether oxygens (including phenoxy) is 1. The maximum atomic E-state index is 12.3. The first kappa shape index (κ1) is 20.4. The quantitative estimate of drug-likeness (QED) is 0.678. The Bertz CT molecular complexity index is 731. The predicted octanol–water partition coefficient (Wildman–Crippen LogP) is 3.02. The highest BCUT2D eigenvalue weighted by molar-refractivity contribution is 5.94. The monoisotopic (exact) mass is 381 g/mol. The Morgan fingerprint density at radius 1 is 1.14 bits per heavy atom. The van der Waals surface area contributed by atoms with Crippen molar-refractivity contribution in [3.8, 4) is 5.75 Å². The molecule has 0 spiro atoms. The van der Waals surface area contributed by atoms with Gasteiger partial charge in [0.05, 0.1) is 6.61 Å². The Labute approximate surface area is 168 Å². The molecule has 1 heterocycles. The molecule has 1 aliphatic rings. The average molecular weight is 382 g/mol. The number of amides is 1. The van der Waals surface area contributed by atoms with Crippen LogP contribution in [0.3, 0.4) is 0 Å². The van der Waals surface area contributed by atoms with Crippen LogP contribution < -0.4 is 10.1 Å². The van der Waals surface area contributed by atoms with Crippen LogP contribution in [-0.2, 0) is 6.54 Å². The third-order valence-electron chi connectivity index (χ3n) is 4.99. The Morgan fingerprint density at radius 3 is 2.61 bits per heavy atom. The Hall–Kier alpha value is -2.37. The summed E-state index contributed by atoms with van der Waals surface area (Å²) in [4.78, 5) is 16.9. The number of likely N-dealkylation sites (tertiary alicyclic amines) is 1. The summed E-state index contributed by atoms with van der Waals surface area (Å²) in [5, 5.41) is 3.15. The lowest BCUT2D eigenvalue weighted by Crippen LogP contribution is -2.36. The van der Waals surface area contributed by atoms with E-state index in [2.05, 4.69) is 53.5 Å². The molecule has 0 aromatic heterocycles. The van der Waals surface area contributed by atoms with Gasteiger partial charge >= 0.3 is 0 Å². The molecule has 28 heavy (non-hydrogen) atoms. The van der Waals surface area contributed by atoms with E-state index < -0.39 is 0 Å². The van der Waals surface area contributed by atoms with Crippen molar-refractivity contribution in [1.29, 1.82) is 0 Å². The lowest BCUT2D eigenvalue weighted by Gasteiger charge is -2.17. The number of benzene rings is 2. The molecule has 0 saturated carbocycles. The molecule has 0 bridgehead atoms. The SMILES string of the molecule is CN(C)CCCOc1ccc(CN2CC[C@H](NC(=O)c3ccccc3)C2)cc1. The molecule has 150 valence electrons. The van der Waals surface area contributed by atoms with Gasteiger partial charge < -0.3 is 15.0 Å². The number of hydrogen-bond donors (Lipinski definition) is 1. The van der Waals surface area contributed by atoms with Gasteiger partial charge in [-0.25, -0.2) is 0 Å². The van der Waals surface area contributed by atoms with Crippen LogP contribution >= 0.6 is 0 Å². The number of nitrogens with one attached hydrogen (secondary N) is 1. The van der Waals surface area contributed by atoms with Gasteiger partial charge in [0.15, 0.2) is 0 Å². The van der Waals surface area contributed by atoms with Crippen molar-refractivity contribution >= 4 is 5.91 Å². The average Bonchev–Trinajstić information content (AvgIpc) is 3.14. The summed E-state index contributed by atoms with van der Waals surface area (Å²) in [6, 6.07) is 18.0. The second-order valence-electron chi connectivity index (χ2n) is 7.71. The number of carbonyl (C=O) groups excluding carboxylic acids is 1. The summed E-state index contributed by atoms with van der Waals surface area (Å²) in [5.41, 5.74) is 2.00. The summed E-state index contributed by atoms with van der Waals surface area (Å²) in [5.74, 6) is 0.945. The largest absolute Gasteiger partial charge is 0.494 e. The minimum Gasteiger partial charge on any atom is -0.494 e. The standard InChI is InChI=1S/C23H31N3O2/c1-25(2)14-6-16-28-22-11-9-19(10-12-22)17-26-15-13-21(18-26)24-23(27)20-7-4-3-5-8-20/h3-5,7-12,21H,6,13-18H2,1-2H3,(H,24,27)/t21-/m0/s1. The summed E-state index contributed by atoms with van der Waals surface area (Å²) in [6.45, 7) is 4.57. The predicted molar refractivity (Wildman–Crippen MR) is 113 cm³/mol. The van der Waals surface area contributed by atoms with E-state index in [9.17, 15) is 4.79 Å². The van der Waals surface area contributed by atoms with E-state index in [-0.39, 0.29) is 11.9 Å². The van der Waals surface area contributed by atoms with Crippen molar-refractivity contribution in [2.75, 3.05) is 40.3 Å². The van der Waals surface area contributed by atoms with E-state index in [1.807, 2.05) is 30.3 Å². The van der Waals surface area contributed by atoms with E-state index >= 15 is 0 Å². The lowest BCUT2D eigenvalue weighted by molar-refractivity contribution is 0.0937. The summed E-state index contributed by atoms with van der Waals surface area (Å²) >= 11 is 0. The molecule has 0 radical (unpaired) electrons. The van der Waals surface area contributed by atoms with Crippen LogP contribution in [0.2, 0.25) is 0 Å². The first-order chi connectivity index (χ1) is 13.6. The molecule has 1 atom stereocenters. The zero-order valence-corrected chi connectivity index (χ0v) is 16.9.